The van der Waals surface area contributed by atoms with E-state index in [1.807, 2.05) is 0 Å². The van der Waals surface area contributed by atoms with Crippen LogP contribution in [0.1, 0.15) is 39.9 Å². The van der Waals surface area contributed by atoms with E-state index >= 15 is 0 Å². The van der Waals surface area contributed by atoms with Crippen molar-refractivity contribution >= 4 is 18.0 Å². The van der Waals surface area contributed by atoms with Gasteiger partial charge in [-0.3, -0.25) is 4.90 Å². The first-order valence-corrected chi connectivity index (χ1v) is 10.9. The summed E-state index contributed by atoms with van der Waals surface area (Å²) in [5.74, 6) is -3.71. The van der Waals surface area contributed by atoms with Crippen LogP contribution in [-0.4, -0.2) is 58.4 Å². The third-order valence-electron chi connectivity index (χ3n) is 5.47. The Balaban J connectivity index is 0.000000540. The standard InChI is InChI=1S/C22H27N3O3.C2HF3O2/c1-16-4-2-3-5-19(16)15-25-12-10-20(11-13-25)24-22(28)23-14-17-6-8-18(9-7-17)21(26)27;3-2(4,5)1(6)7/h2-9,20H,10-15H2,1H3,(H,26,27)(H2,23,24,28);(H,6,7). The fourth-order valence-electron chi connectivity index (χ4n) is 3.45. The van der Waals surface area contributed by atoms with Gasteiger partial charge in [-0.15, -0.1) is 0 Å². The smallest absolute Gasteiger partial charge is 0.478 e. The molecule has 2 aromatic carbocycles. The molecule has 3 rings (SSSR count). The van der Waals surface area contributed by atoms with Gasteiger partial charge in [-0.25, -0.2) is 14.4 Å². The van der Waals surface area contributed by atoms with Gasteiger partial charge >= 0.3 is 24.1 Å². The minimum atomic E-state index is -5.08. The Hall–Kier alpha value is -3.60. The van der Waals surface area contributed by atoms with Crippen molar-refractivity contribution in [2.75, 3.05) is 13.1 Å². The molecule has 8 nitrogen and oxygen atoms in total. The Morgan fingerprint density at radius 1 is 1.00 bits per heavy atom. The Kier molecular flexibility index (Phi) is 10.1. The first-order valence-electron chi connectivity index (χ1n) is 10.9. The lowest BCUT2D eigenvalue weighted by Crippen LogP contribution is -2.47. The molecule has 2 amide bonds. The first kappa shape index (κ1) is 27.6. The fourth-order valence-corrected chi connectivity index (χ4v) is 3.45. The minimum absolute atomic E-state index is 0.181. The highest BCUT2D eigenvalue weighted by Gasteiger charge is 2.38. The van der Waals surface area contributed by atoms with Crippen molar-refractivity contribution in [3.05, 3.63) is 70.8 Å². The molecule has 1 aliphatic rings. The summed E-state index contributed by atoms with van der Waals surface area (Å²) < 4.78 is 31.7. The highest BCUT2D eigenvalue weighted by Crippen LogP contribution is 2.16. The third-order valence-corrected chi connectivity index (χ3v) is 5.47. The van der Waals surface area contributed by atoms with Crippen molar-refractivity contribution in [1.82, 2.24) is 15.5 Å². The van der Waals surface area contributed by atoms with Crippen LogP contribution < -0.4 is 10.6 Å². The van der Waals surface area contributed by atoms with Gasteiger partial charge in [-0.05, 0) is 48.6 Å². The number of hydrogen-bond acceptors (Lipinski definition) is 4. The van der Waals surface area contributed by atoms with Crippen LogP contribution in [-0.2, 0) is 17.9 Å². The van der Waals surface area contributed by atoms with Gasteiger partial charge in [0.25, 0.3) is 0 Å². The number of rotatable bonds is 6. The predicted molar refractivity (Wildman–Crippen MR) is 122 cm³/mol. The van der Waals surface area contributed by atoms with E-state index in [9.17, 15) is 22.8 Å². The first-order chi connectivity index (χ1) is 16.5. The van der Waals surface area contributed by atoms with Crippen LogP contribution in [0.3, 0.4) is 0 Å². The number of piperidine rings is 1. The van der Waals surface area contributed by atoms with Gasteiger partial charge in [0.15, 0.2) is 0 Å². The molecule has 0 spiro atoms. The third kappa shape index (κ3) is 9.65. The Bertz CT molecular complexity index is 1000. The van der Waals surface area contributed by atoms with Gasteiger partial charge in [0.1, 0.15) is 0 Å². The van der Waals surface area contributed by atoms with E-state index in [1.165, 1.54) is 11.1 Å². The number of aliphatic carboxylic acids is 1. The molecule has 1 fully saturated rings. The second-order valence-electron chi connectivity index (χ2n) is 8.11. The molecule has 0 bridgehead atoms. The Morgan fingerprint density at radius 2 is 1.57 bits per heavy atom. The number of alkyl halides is 3. The molecule has 1 aliphatic heterocycles. The summed E-state index contributed by atoms with van der Waals surface area (Å²) >= 11 is 0. The van der Waals surface area contributed by atoms with Crippen LogP contribution in [0.15, 0.2) is 48.5 Å². The summed E-state index contributed by atoms with van der Waals surface area (Å²) in [5.41, 5.74) is 3.79. The van der Waals surface area contributed by atoms with Crippen molar-refractivity contribution in [2.45, 2.75) is 45.1 Å². The molecule has 190 valence electrons. The molecule has 0 radical (unpaired) electrons. The summed E-state index contributed by atoms with van der Waals surface area (Å²) in [6.07, 6.45) is -3.21. The number of aryl methyl sites for hydroxylation is 1. The molecule has 0 atom stereocenters. The number of hydrogen-bond donors (Lipinski definition) is 4. The number of nitrogens with one attached hydrogen (secondary N) is 2. The normalized spacial score (nSPS) is 14.4. The zero-order valence-corrected chi connectivity index (χ0v) is 19.1. The highest BCUT2D eigenvalue weighted by atomic mass is 19.4. The van der Waals surface area contributed by atoms with E-state index in [-0.39, 0.29) is 17.6 Å². The number of amides is 2. The van der Waals surface area contributed by atoms with Crippen LogP contribution in [0.25, 0.3) is 0 Å². The van der Waals surface area contributed by atoms with Gasteiger partial charge in [-0.2, -0.15) is 13.2 Å². The molecule has 4 N–H and O–H groups in total. The van der Waals surface area contributed by atoms with Gasteiger partial charge in [0.2, 0.25) is 0 Å². The van der Waals surface area contributed by atoms with Crippen LogP contribution >= 0.6 is 0 Å². The van der Waals surface area contributed by atoms with Gasteiger partial charge in [0, 0.05) is 32.2 Å². The van der Waals surface area contributed by atoms with Crippen molar-refractivity contribution in [2.24, 2.45) is 0 Å². The molecule has 0 aliphatic carbocycles. The molecule has 2 aromatic rings. The molecule has 0 aromatic heterocycles. The second-order valence-corrected chi connectivity index (χ2v) is 8.11. The van der Waals surface area contributed by atoms with E-state index in [1.54, 1.807) is 24.3 Å². The maximum atomic E-state index is 12.1. The van der Waals surface area contributed by atoms with Gasteiger partial charge < -0.3 is 20.8 Å². The van der Waals surface area contributed by atoms with Crippen molar-refractivity contribution in [3.63, 3.8) is 0 Å². The van der Waals surface area contributed by atoms with Crippen LogP contribution in [0.2, 0.25) is 0 Å². The number of carbonyl (C=O) groups is 3. The number of benzene rings is 2. The Morgan fingerprint density at radius 3 is 2.09 bits per heavy atom. The number of carbonyl (C=O) groups excluding carboxylic acids is 1. The quantitative estimate of drug-likeness (QED) is 0.484. The topological polar surface area (TPSA) is 119 Å². The van der Waals surface area contributed by atoms with Crippen molar-refractivity contribution in [1.29, 1.82) is 0 Å². The molecular weight excluding hydrogens is 467 g/mol. The van der Waals surface area contributed by atoms with Crippen LogP contribution in [0.4, 0.5) is 18.0 Å². The molecule has 11 heteroatoms. The molecule has 0 saturated carbocycles. The SMILES string of the molecule is Cc1ccccc1CN1CCC(NC(=O)NCc2ccc(C(=O)O)cc2)CC1.O=C(O)C(F)(F)F. The molecule has 0 unspecified atom stereocenters. The summed E-state index contributed by atoms with van der Waals surface area (Å²) in [7, 11) is 0. The van der Waals surface area contributed by atoms with Crippen LogP contribution in [0, 0.1) is 6.92 Å². The van der Waals surface area contributed by atoms with Gasteiger partial charge in [0.05, 0.1) is 5.56 Å². The number of carboxylic acids is 2. The Labute approximate surface area is 200 Å². The van der Waals surface area contributed by atoms with E-state index in [4.69, 9.17) is 15.0 Å². The maximum absolute atomic E-state index is 12.1. The molecule has 1 saturated heterocycles. The minimum Gasteiger partial charge on any atom is -0.478 e. The summed E-state index contributed by atoms with van der Waals surface area (Å²) in [6, 6.07) is 15.0. The number of nitrogens with zero attached hydrogens (tertiary/aromatic N) is 1. The van der Waals surface area contributed by atoms with Gasteiger partial charge in [-0.1, -0.05) is 36.4 Å². The highest BCUT2D eigenvalue weighted by molar-refractivity contribution is 5.87. The largest absolute Gasteiger partial charge is 0.490 e. The number of carboxylic acid groups (broad SMARTS) is 2. The molecule has 1 heterocycles. The molecule has 35 heavy (non-hydrogen) atoms. The number of urea groups is 1. The van der Waals surface area contributed by atoms with E-state index in [0.717, 1.165) is 38.0 Å². The molecular formula is C24H28F3N3O5. The number of likely N-dealkylation sites (tertiary alicyclic amines) is 1. The average Bonchev–Trinajstić information content (AvgIpc) is 2.80. The number of aromatic carboxylic acids is 1. The zero-order valence-electron chi connectivity index (χ0n) is 19.1. The second kappa shape index (κ2) is 12.7. The maximum Gasteiger partial charge on any atom is 0.490 e. The summed E-state index contributed by atoms with van der Waals surface area (Å²) in [6.45, 7) is 5.41. The fraction of sp³-hybridized carbons (Fsp3) is 0.375. The van der Waals surface area contributed by atoms with Crippen molar-refractivity contribution in [3.8, 4) is 0 Å². The average molecular weight is 495 g/mol. The monoisotopic (exact) mass is 495 g/mol. The lowest BCUT2D eigenvalue weighted by molar-refractivity contribution is -0.192. The summed E-state index contributed by atoms with van der Waals surface area (Å²) in [5, 5.41) is 21.9. The lowest BCUT2D eigenvalue weighted by atomic mass is 10.0. The summed E-state index contributed by atoms with van der Waals surface area (Å²) in [4.78, 5) is 34.3. The van der Waals surface area contributed by atoms with E-state index < -0.39 is 18.1 Å². The van der Waals surface area contributed by atoms with Crippen molar-refractivity contribution < 1.29 is 37.8 Å². The number of halogens is 3. The predicted octanol–water partition coefficient (Wildman–Crippen LogP) is 3.79. The van der Waals surface area contributed by atoms with E-state index in [2.05, 4.69) is 46.7 Å². The lowest BCUT2D eigenvalue weighted by Gasteiger charge is -2.32. The van der Waals surface area contributed by atoms with E-state index in [0.29, 0.717) is 6.54 Å². The van der Waals surface area contributed by atoms with Crippen LogP contribution in [0.5, 0.6) is 0 Å². The zero-order chi connectivity index (χ0) is 26.0.